The number of fused-ring (bicyclic) bond motifs is 1. The average Bonchev–Trinajstić information content (AvgIpc) is 3.09. The zero-order valence-electron chi connectivity index (χ0n) is 17.7. The zero-order valence-corrected chi connectivity index (χ0v) is 20.0. The number of hydroxylamine groups is 2. The summed E-state index contributed by atoms with van der Waals surface area (Å²) >= 11 is 13.2. The van der Waals surface area contributed by atoms with Gasteiger partial charge in [0.1, 0.15) is 16.5 Å². The number of aliphatic carboxylic acids is 1. The molecule has 11 heteroatoms. The van der Waals surface area contributed by atoms with Crippen molar-refractivity contribution >= 4 is 58.3 Å². The van der Waals surface area contributed by atoms with E-state index < -0.39 is 41.0 Å². The van der Waals surface area contributed by atoms with Crippen molar-refractivity contribution in [2.24, 2.45) is 4.99 Å². The summed E-state index contributed by atoms with van der Waals surface area (Å²) in [5.41, 5.74) is 0.159. The van der Waals surface area contributed by atoms with Gasteiger partial charge in [0.2, 0.25) is 6.41 Å². The Morgan fingerprint density at radius 3 is 2.69 bits per heavy atom. The molecule has 2 heterocycles. The Balaban J connectivity index is 1.96. The highest BCUT2D eigenvalue weighted by atomic mass is 35.5. The van der Waals surface area contributed by atoms with Crippen molar-refractivity contribution in [3.05, 3.63) is 47.0 Å². The lowest BCUT2D eigenvalue weighted by Crippen LogP contribution is -2.66. The molecular formula is C21H23Cl2N3O5S. The number of halogens is 2. The molecule has 2 aliphatic rings. The maximum absolute atomic E-state index is 12.8. The highest BCUT2D eigenvalue weighted by Gasteiger charge is 2.57. The number of β-lactam (4-membered cyclic amide) rings is 1. The average molecular weight is 500 g/mol. The minimum absolute atomic E-state index is 0.0972. The molecule has 0 bridgehead atoms. The molecule has 2 amide bonds. The predicted octanol–water partition coefficient (Wildman–Crippen LogP) is 3.50. The van der Waals surface area contributed by atoms with Crippen LogP contribution in [0.1, 0.15) is 32.4 Å². The lowest BCUT2D eigenvalue weighted by atomic mass is 10.00. The van der Waals surface area contributed by atoms with E-state index in [9.17, 15) is 19.5 Å². The van der Waals surface area contributed by atoms with Crippen LogP contribution in [0.15, 0.2) is 41.4 Å². The molecule has 8 nitrogen and oxygen atoms in total. The van der Waals surface area contributed by atoms with E-state index >= 15 is 0 Å². The molecule has 1 aromatic carbocycles. The second-order valence-electron chi connectivity index (χ2n) is 8.33. The summed E-state index contributed by atoms with van der Waals surface area (Å²) in [6, 6.07) is 4.12. The molecule has 4 atom stereocenters. The Labute approximate surface area is 200 Å². The van der Waals surface area contributed by atoms with Crippen LogP contribution in [0, 0.1) is 0 Å². The molecule has 1 saturated heterocycles. The molecular weight excluding hydrogens is 477 g/mol. The fourth-order valence-electron chi connectivity index (χ4n) is 3.50. The minimum atomic E-state index is -1.25. The third-order valence-electron chi connectivity index (χ3n) is 4.77. The maximum Gasteiger partial charge on any atom is 0.330 e. The number of carbonyl (C=O) groups is 3. The molecule has 32 heavy (non-hydrogen) atoms. The molecule has 2 aliphatic heterocycles. The molecule has 1 aromatic rings. The first kappa shape index (κ1) is 24.6. The summed E-state index contributed by atoms with van der Waals surface area (Å²) in [6.45, 7) is 9.09. The number of amides is 2. The van der Waals surface area contributed by atoms with Gasteiger partial charge in [0.05, 0.1) is 5.60 Å². The van der Waals surface area contributed by atoms with Crippen molar-refractivity contribution in [3.63, 3.8) is 0 Å². The fourth-order valence-corrected chi connectivity index (χ4v) is 5.28. The van der Waals surface area contributed by atoms with Crippen LogP contribution in [0.3, 0.4) is 0 Å². The summed E-state index contributed by atoms with van der Waals surface area (Å²) in [5.74, 6) is -1.75. The van der Waals surface area contributed by atoms with Gasteiger partial charge >= 0.3 is 5.97 Å². The molecule has 0 aromatic heterocycles. The third-order valence-corrected chi connectivity index (χ3v) is 6.64. The van der Waals surface area contributed by atoms with Gasteiger partial charge in [-0.3, -0.25) is 19.4 Å². The molecule has 0 saturated carbocycles. The molecule has 1 fully saturated rings. The van der Waals surface area contributed by atoms with Gasteiger partial charge in [-0.1, -0.05) is 42.1 Å². The van der Waals surface area contributed by atoms with Gasteiger partial charge in [0.15, 0.2) is 12.1 Å². The van der Waals surface area contributed by atoms with Crippen molar-refractivity contribution in [1.82, 2.24) is 9.96 Å². The van der Waals surface area contributed by atoms with Crippen molar-refractivity contribution in [2.75, 3.05) is 5.88 Å². The van der Waals surface area contributed by atoms with Gasteiger partial charge < -0.3 is 10.0 Å². The molecule has 3 rings (SSSR count). The molecule has 0 radical (unpaired) electrons. The SMILES string of the molecule is C=C(CCl)C(C(=O)O)N1C(=O)C2N=C(C(c3cccc(Cl)c3)N(C=O)OC(C)(C)C)SC21. The number of benzene rings is 1. The number of rotatable bonds is 9. The Morgan fingerprint density at radius 2 is 2.16 bits per heavy atom. The number of hydrogen-bond acceptors (Lipinski definition) is 6. The van der Waals surface area contributed by atoms with Gasteiger partial charge in [-0.05, 0) is 44.0 Å². The third kappa shape index (κ3) is 4.80. The van der Waals surface area contributed by atoms with E-state index in [1.54, 1.807) is 45.0 Å². The van der Waals surface area contributed by atoms with Crippen LogP contribution in [0.2, 0.25) is 5.02 Å². The van der Waals surface area contributed by atoms with Crippen LogP contribution in [-0.4, -0.2) is 67.3 Å². The summed E-state index contributed by atoms with van der Waals surface area (Å²) in [4.78, 5) is 48.2. The number of likely N-dealkylation sites (tertiary alicyclic amines) is 1. The van der Waals surface area contributed by atoms with Crippen LogP contribution < -0.4 is 0 Å². The van der Waals surface area contributed by atoms with E-state index in [-0.39, 0.29) is 11.5 Å². The number of aliphatic imine (C=N–C) groups is 1. The summed E-state index contributed by atoms with van der Waals surface area (Å²) < 4.78 is 0. The first-order valence-electron chi connectivity index (χ1n) is 9.69. The summed E-state index contributed by atoms with van der Waals surface area (Å²) in [7, 11) is 0. The predicted molar refractivity (Wildman–Crippen MR) is 124 cm³/mol. The first-order valence-corrected chi connectivity index (χ1v) is 11.5. The smallest absolute Gasteiger partial charge is 0.330 e. The lowest BCUT2D eigenvalue weighted by molar-refractivity contribution is -0.224. The fraction of sp³-hybridized carbons (Fsp3) is 0.429. The molecule has 172 valence electrons. The van der Waals surface area contributed by atoms with Crippen molar-refractivity contribution in [2.45, 2.75) is 49.9 Å². The number of alkyl halides is 1. The van der Waals surface area contributed by atoms with E-state index in [4.69, 9.17) is 28.0 Å². The highest BCUT2D eigenvalue weighted by Crippen LogP contribution is 2.45. The zero-order chi connectivity index (χ0) is 23.8. The van der Waals surface area contributed by atoms with Crippen LogP contribution in [0.5, 0.6) is 0 Å². The van der Waals surface area contributed by atoms with E-state index in [1.807, 2.05) is 0 Å². The van der Waals surface area contributed by atoms with E-state index in [0.29, 0.717) is 22.0 Å². The maximum atomic E-state index is 12.8. The van der Waals surface area contributed by atoms with Gasteiger partial charge in [-0.2, -0.15) is 0 Å². The van der Waals surface area contributed by atoms with Crippen molar-refractivity contribution in [1.29, 1.82) is 0 Å². The van der Waals surface area contributed by atoms with Crippen molar-refractivity contribution in [3.8, 4) is 0 Å². The van der Waals surface area contributed by atoms with Crippen LogP contribution in [0.25, 0.3) is 0 Å². The number of nitrogens with zero attached hydrogens (tertiary/aromatic N) is 3. The normalized spacial score (nSPS) is 21.8. The molecule has 1 N–H and O–H groups in total. The largest absolute Gasteiger partial charge is 0.479 e. The van der Waals surface area contributed by atoms with Gasteiger partial charge in [-0.15, -0.1) is 11.6 Å². The number of hydrogen-bond donors (Lipinski definition) is 1. The highest BCUT2D eigenvalue weighted by molar-refractivity contribution is 8.15. The van der Waals surface area contributed by atoms with Gasteiger partial charge in [0.25, 0.3) is 5.91 Å². The van der Waals surface area contributed by atoms with Gasteiger partial charge in [0, 0.05) is 10.9 Å². The Morgan fingerprint density at radius 1 is 1.47 bits per heavy atom. The quantitative estimate of drug-likeness (QED) is 0.183. The number of carbonyl (C=O) groups excluding carboxylic acids is 2. The van der Waals surface area contributed by atoms with Crippen molar-refractivity contribution < 1.29 is 24.3 Å². The van der Waals surface area contributed by atoms with Crippen LogP contribution >= 0.6 is 35.0 Å². The Hall–Kier alpha value is -2.07. The second-order valence-corrected chi connectivity index (χ2v) is 10.2. The van der Waals surface area contributed by atoms with Crippen LogP contribution in [0.4, 0.5) is 0 Å². The monoisotopic (exact) mass is 499 g/mol. The first-order chi connectivity index (χ1) is 15.0. The lowest BCUT2D eigenvalue weighted by Gasteiger charge is -2.44. The molecule has 0 spiro atoms. The number of carboxylic acid groups (broad SMARTS) is 1. The van der Waals surface area contributed by atoms with E-state index in [1.165, 1.54) is 16.7 Å². The van der Waals surface area contributed by atoms with E-state index in [0.717, 1.165) is 5.06 Å². The number of thioether (sulfide) groups is 1. The summed E-state index contributed by atoms with van der Waals surface area (Å²) in [5, 5.41) is 11.1. The standard InChI is InChI=1S/C21H23Cl2N3O5S/c1-11(9-22)15(20(29)30)26-18(28)14-19(26)32-17(24-14)16(12-6-5-7-13(23)8-12)25(10-27)31-21(2,3)4/h5-8,10,14-16,19H,1,9H2,2-4H3,(H,29,30). The Kier molecular flexibility index (Phi) is 7.24. The van der Waals surface area contributed by atoms with E-state index in [2.05, 4.69) is 11.6 Å². The summed E-state index contributed by atoms with van der Waals surface area (Å²) in [6.07, 6.45) is 0.551. The topological polar surface area (TPSA) is 99.5 Å². The molecule has 0 aliphatic carbocycles. The van der Waals surface area contributed by atoms with Gasteiger partial charge in [-0.25, -0.2) is 9.86 Å². The minimum Gasteiger partial charge on any atom is -0.479 e. The van der Waals surface area contributed by atoms with Crippen LogP contribution in [-0.2, 0) is 19.2 Å². The number of carboxylic acids is 1. The Bertz CT molecular complexity index is 980. The molecule has 4 unspecified atom stereocenters. The second kappa shape index (κ2) is 9.43.